The van der Waals surface area contributed by atoms with Crippen molar-refractivity contribution in [2.75, 3.05) is 56.3 Å². The SMILES string of the molecule is O=C(Nc1ccc(-c2nc3c(c(N4CCOCC4)n2)CCN2C(=O)CCC32)cc1)NC1COC1. The molecule has 0 aliphatic carbocycles. The number of amides is 3. The number of carbonyl (C=O) groups excluding carboxylic acids is 2. The van der Waals surface area contributed by atoms with Crippen LogP contribution in [-0.2, 0) is 20.7 Å². The van der Waals surface area contributed by atoms with Crippen LogP contribution in [0.5, 0.6) is 0 Å². The van der Waals surface area contributed by atoms with E-state index in [1.165, 1.54) is 0 Å². The number of ether oxygens (including phenoxy) is 2. The molecule has 1 aromatic heterocycles. The maximum Gasteiger partial charge on any atom is 0.319 e. The highest BCUT2D eigenvalue weighted by atomic mass is 16.5. The second-order valence-electron chi connectivity index (χ2n) is 9.14. The molecule has 178 valence electrons. The van der Waals surface area contributed by atoms with Gasteiger partial charge in [0.2, 0.25) is 5.91 Å². The molecule has 3 fully saturated rings. The standard InChI is InChI=1S/C24H28N6O4/c31-20-6-5-19-21-18(7-8-30(19)20)23(29-9-11-33-12-10-29)28-22(27-21)15-1-3-16(4-2-15)25-24(32)26-17-13-34-14-17/h1-4,17,19H,5-14H2,(H2,25,26,32). The number of rotatable bonds is 4. The van der Waals surface area contributed by atoms with Crippen molar-refractivity contribution in [1.29, 1.82) is 0 Å². The van der Waals surface area contributed by atoms with Crippen molar-refractivity contribution in [1.82, 2.24) is 20.2 Å². The number of fused-ring (bicyclic) bond motifs is 3. The van der Waals surface area contributed by atoms with Crippen LogP contribution in [0.4, 0.5) is 16.3 Å². The normalized spacial score (nSPS) is 22.1. The lowest BCUT2D eigenvalue weighted by Crippen LogP contribution is -2.49. The molecule has 1 aromatic carbocycles. The van der Waals surface area contributed by atoms with E-state index in [0.717, 1.165) is 55.1 Å². The molecular weight excluding hydrogens is 436 g/mol. The van der Waals surface area contributed by atoms with Crippen LogP contribution < -0.4 is 15.5 Å². The van der Waals surface area contributed by atoms with Gasteiger partial charge < -0.3 is 29.9 Å². The van der Waals surface area contributed by atoms with Gasteiger partial charge >= 0.3 is 6.03 Å². The van der Waals surface area contributed by atoms with Crippen LogP contribution in [0, 0.1) is 0 Å². The number of morpholine rings is 1. The third-order valence-electron chi connectivity index (χ3n) is 6.95. The molecule has 10 heteroatoms. The van der Waals surface area contributed by atoms with E-state index in [1.807, 2.05) is 29.2 Å². The molecule has 2 aromatic rings. The van der Waals surface area contributed by atoms with Crippen molar-refractivity contribution >= 4 is 23.4 Å². The summed E-state index contributed by atoms with van der Waals surface area (Å²) in [4.78, 5) is 38.8. The first kappa shape index (κ1) is 21.3. The quantitative estimate of drug-likeness (QED) is 0.709. The lowest BCUT2D eigenvalue weighted by molar-refractivity contribution is -0.129. The number of nitrogens with zero attached hydrogens (tertiary/aromatic N) is 4. The van der Waals surface area contributed by atoms with Crippen molar-refractivity contribution in [3.05, 3.63) is 35.5 Å². The molecule has 0 spiro atoms. The second-order valence-corrected chi connectivity index (χ2v) is 9.14. The highest BCUT2D eigenvalue weighted by molar-refractivity contribution is 5.89. The fourth-order valence-corrected chi connectivity index (χ4v) is 5.08. The van der Waals surface area contributed by atoms with E-state index < -0.39 is 0 Å². The monoisotopic (exact) mass is 464 g/mol. The van der Waals surface area contributed by atoms with Crippen molar-refractivity contribution in [2.24, 2.45) is 0 Å². The average molecular weight is 465 g/mol. The molecule has 2 N–H and O–H groups in total. The zero-order chi connectivity index (χ0) is 23.1. The number of benzene rings is 1. The fourth-order valence-electron chi connectivity index (χ4n) is 5.08. The summed E-state index contributed by atoms with van der Waals surface area (Å²) in [5.74, 6) is 1.82. The summed E-state index contributed by atoms with van der Waals surface area (Å²) in [7, 11) is 0. The molecule has 34 heavy (non-hydrogen) atoms. The molecule has 1 unspecified atom stereocenters. The third kappa shape index (κ3) is 3.97. The number of hydrogen-bond acceptors (Lipinski definition) is 7. The minimum absolute atomic E-state index is 0.0258. The van der Waals surface area contributed by atoms with Crippen molar-refractivity contribution in [2.45, 2.75) is 31.3 Å². The zero-order valence-corrected chi connectivity index (χ0v) is 19.0. The van der Waals surface area contributed by atoms with E-state index in [4.69, 9.17) is 19.4 Å². The van der Waals surface area contributed by atoms with E-state index in [0.29, 0.717) is 44.4 Å². The Morgan fingerprint density at radius 3 is 2.53 bits per heavy atom. The molecule has 5 heterocycles. The summed E-state index contributed by atoms with van der Waals surface area (Å²) in [6, 6.07) is 7.41. The van der Waals surface area contributed by atoms with Crippen LogP contribution in [0.3, 0.4) is 0 Å². The zero-order valence-electron chi connectivity index (χ0n) is 19.0. The number of carbonyl (C=O) groups is 2. The van der Waals surface area contributed by atoms with E-state index in [9.17, 15) is 9.59 Å². The van der Waals surface area contributed by atoms with Gasteiger partial charge in [-0.25, -0.2) is 14.8 Å². The minimum atomic E-state index is -0.244. The van der Waals surface area contributed by atoms with Crippen molar-refractivity contribution < 1.29 is 19.1 Å². The predicted octanol–water partition coefficient (Wildman–Crippen LogP) is 1.72. The molecule has 0 radical (unpaired) electrons. The topological polar surface area (TPSA) is 109 Å². The molecule has 0 saturated carbocycles. The molecule has 10 nitrogen and oxygen atoms in total. The number of aromatic nitrogens is 2. The first-order valence-corrected chi connectivity index (χ1v) is 11.9. The highest BCUT2D eigenvalue weighted by Crippen LogP contribution is 2.41. The molecule has 3 amide bonds. The molecule has 1 atom stereocenters. The van der Waals surface area contributed by atoms with Gasteiger partial charge in [-0.3, -0.25) is 4.79 Å². The van der Waals surface area contributed by atoms with Gasteiger partial charge in [-0.2, -0.15) is 0 Å². The number of urea groups is 1. The summed E-state index contributed by atoms with van der Waals surface area (Å²) >= 11 is 0. The molecule has 4 aliphatic rings. The van der Waals surface area contributed by atoms with Gasteiger partial charge in [0.05, 0.1) is 44.2 Å². The van der Waals surface area contributed by atoms with Crippen molar-refractivity contribution in [3.63, 3.8) is 0 Å². The van der Waals surface area contributed by atoms with Gasteiger partial charge in [-0.05, 0) is 37.1 Å². The Morgan fingerprint density at radius 2 is 1.79 bits per heavy atom. The number of nitrogens with one attached hydrogen (secondary N) is 2. The largest absolute Gasteiger partial charge is 0.378 e. The minimum Gasteiger partial charge on any atom is -0.378 e. The van der Waals surface area contributed by atoms with E-state index in [2.05, 4.69) is 15.5 Å². The number of hydrogen-bond donors (Lipinski definition) is 2. The summed E-state index contributed by atoms with van der Waals surface area (Å²) in [6.45, 7) is 4.77. The van der Waals surface area contributed by atoms with Crippen LogP contribution in [0.15, 0.2) is 24.3 Å². The summed E-state index contributed by atoms with van der Waals surface area (Å²) in [5.41, 5.74) is 3.71. The molecular formula is C24H28N6O4. The Hall–Kier alpha value is -3.24. The Kier molecular flexibility index (Phi) is 5.54. The van der Waals surface area contributed by atoms with E-state index in [-0.39, 0.29) is 24.0 Å². The number of anilines is 2. The van der Waals surface area contributed by atoms with Crippen LogP contribution in [0.25, 0.3) is 11.4 Å². The van der Waals surface area contributed by atoms with Crippen LogP contribution in [-0.4, -0.2) is 78.9 Å². The van der Waals surface area contributed by atoms with Crippen molar-refractivity contribution in [3.8, 4) is 11.4 Å². The average Bonchev–Trinajstić information content (AvgIpc) is 3.23. The Bertz CT molecular complexity index is 1100. The molecule has 6 rings (SSSR count). The van der Waals surface area contributed by atoms with Gasteiger partial charge in [-0.1, -0.05) is 0 Å². The maximum atomic E-state index is 12.4. The van der Waals surface area contributed by atoms with Gasteiger partial charge in [0, 0.05) is 42.9 Å². The first-order chi connectivity index (χ1) is 16.7. The first-order valence-electron chi connectivity index (χ1n) is 11.9. The smallest absolute Gasteiger partial charge is 0.319 e. The molecule has 0 bridgehead atoms. The van der Waals surface area contributed by atoms with Crippen LogP contribution >= 0.6 is 0 Å². The van der Waals surface area contributed by atoms with E-state index in [1.54, 1.807) is 0 Å². The second kappa shape index (κ2) is 8.84. The molecule has 4 aliphatic heterocycles. The summed E-state index contributed by atoms with van der Waals surface area (Å²) in [5, 5.41) is 5.72. The Balaban J connectivity index is 1.30. The van der Waals surface area contributed by atoms with Gasteiger partial charge in [0.1, 0.15) is 5.82 Å². The molecule has 3 saturated heterocycles. The Labute approximate surface area is 197 Å². The van der Waals surface area contributed by atoms with Gasteiger partial charge in [0.25, 0.3) is 0 Å². The van der Waals surface area contributed by atoms with Gasteiger partial charge in [0.15, 0.2) is 5.82 Å². The third-order valence-corrected chi connectivity index (χ3v) is 6.95. The lowest BCUT2D eigenvalue weighted by Gasteiger charge is -2.36. The fraction of sp³-hybridized carbons (Fsp3) is 0.500. The predicted molar refractivity (Wildman–Crippen MR) is 125 cm³/mol. The van der Waals surface area contributed by atoms with Crippen LogP contribution in [0.2, 0.25) is 0 Å². The maximum absolute atomic E-state index is 12.4. The van der Waals surface area contributed by atoms with Gasteiger partial charge in [-0.15, -0.1) is 0 Å². The van der Waals surface area contributed by atoms with Crippen LogP contribution in [0.1, 0.15) is 30.1 Å². The van der Waals surface area contributed by atoms with E-state index >= 15 is 0 Å². The lowest BCUT2D eigenvalue weighted by atomic mass is 9.97. The highest BCUT2D eigenvalue weighted by Gasteiger charge is 2.39. The Morgan fingerprint density at radius 1 is 1.00 bits per heavy atom. The summed E-state index contributed by atoms with van der Waals surface area (Å²) < 4.78 is 10.6. The summed E-state index contributed by atoms with van der Waals surface area (Å²) in [6.07, 6.45) is 2.15.